The number of rotatable bonds is 10. The van der Waals surface area contributed by atoms with Crippen LogP contribution in [0.25, 0.3) is 0 Å². The van der Waals surface area contributed by atoms with Crippen LogP contribution in [0.15, 0.2) is 0 Å². The van der Waals surface area contributed by atoms with Crippen LogP contribution in [0.1, 0.15) is 20.3 Å². The van der Waals surface area contributed by atoms with Crippen LogP contribution in [0.3, 0.4) is 0 Å². The number of carbonyl (C=O) groups is 4. The second-order valence-corrected chi connectivity index (χ2v) is 5.05. The lowest BCUT2D eigenvalue weighted by Crippen LogP contribution is -2.55. The van der Waals surface area contributed by atoms with Gasteiger partial charge in [0.1, 0.15) is 18.6 Å². The van der Waals surface area contributed by atoms with Crippen molar-refractivity contribution in [3.8, 4) is 0 Å². The molecule has 7 N–H and O–H groups in total. The minimum Gasteiger partial charge on any atom is -0.480 e. The SMILES string of the molecule is CCC(C)C(NC(=O)C(N)CO)C(=O)NCC(=O)NCC(=O)O. The van der Waals surface area contributed by atoms with Crippen molar-refractivity contribution >= 4 is 23.7 Å². The van der Waals surface area contributed by atoms with Crippen LogP contribution in [0.5, 0.6) is 0 Å². The molecule has 0 aliphatic rings. The number of hydrogen-bond donors (Lipinski definition) is 6. The van der Waals surface area contributed by atoms with Gasteiger partial charge in [-0.15, -0.1) is 0 Å². The maximum atomic E-state index is 12.1. The summed E-state index contributed by atoms with van der Waals surface area (Å²) in [5.41, 5.74) is 5.38. The summed E-state index contributed by atoms with van der Waals surface area (Å²) in [5, 5.41) is 24.1. The van der Waals surface area contributed by atoms with Gasteiger partial charge in [0.2, 0.25) is 17.7 Å². The fourth-order valence-electron chi connectivity index (χ4n) is 1.56. The molecule has 0 saturated heterocycles. The van der Waals surface area contributed by atoms with Crippen LogP contribution in [0.2, 0.25) is 0 Å². The van der Waals surface area contributed by atoms with E-state index in [1.165, 1.54) is 0 Å². The quantitative estimate of drug-likeness (QED) is 0.250. The number of carboxylic acids is 1. The predicted molar refractivity (Wildman–Crippen MR) is 80.1 cm³/mol. The number of carbonyl (C=O) groups excluding carboxylic acids is 3. The van der Waals surface area contributed by atoms with Gasteiger partial charge in [-0.05, 0) is 5.92 Å². The van der Waals surface area contributed by atoms with E-state index in [9.17, 15) is 19.2 Å². The molecular formula is C13H24N4O6. The highest BCUT2D eigenvalue weighted by Gasteiger charge is 2.27. The molecule has 3 atom stereocenters. The molecule has 10 heteroatoms. The molecule has 0 spiro atoms. The van der Waals surface area contributed by atoms with Crippen molar-refractivity contribution in [2.24, 2.45) is 11.7 Å². The largest absolute Gasteiger partial charge is 0.480 e. The molecule has 0 radical (unpaired) electrons. The van der Waals surface area contributed by atoms with Gasteiger partial charge in [-0.2, -0.15) is 0 Å². The Kier molecular flexibility index (Phi) is 9.51. The molecule has 3 amide bonds. The van der Waals surface area contributed by atoms with E-state index in [2.05, 4.69) is 16.0 Å². The Labute approximate surface area is 133 Å². The lowest BCUT2D eigenvalue weighted by Gasteiger charge is -2.24. The summed E-state index contributed by atoms with van der Waals surface area (Å²) in [4.78, 5) is 45.5. The van der Waals surface area contributed by atoms with Crippen LogP contribution in [-0.4, -0.2) is 65.7 Å². The van der Waals surface area contributed by atoms with E-state index in [1.807, 2.05) is 6.92 Å². The smallest absolute Gasteiger partial charge is 0.322 e. The third-order valence-corrected chi connectivity index (χ3v) is 3.19. The highest BCUT2D eigenvalue weighted by atomic mass is 16.4. The van der Waals surface area contributed by atoms with Gasteiger partial charge >= 0.3 is 5.97 Å². The Balaban J connectivity index is 4.61. The fraction of sp³-hybridized carbons (Fsp3) is 0.692. The number of aliphatic carboxylic acids is 1. The standard InChI is InChI=1S/C13H24N4O6/c1-3-7(2)11(17-12(22)8(14)6-18)13(23)16-4-9(19)15-5-10(20)21/h7-8,11,18H,3-6,14H2,1-2H3,(H,15,19)(H,16,23)(H,17,22)(H,20,21). The second kappa shape index (κ2) is 10.5. The topological polar surface area (TPSA) is 171 Å². The number of nitrogens with one attached hydrogen (secondary N) is 3. The molecule has 0 aromatic heterocycles. The van der Waals surface area contributed by atoms with Crippen LogP contribution in [-0.2, 0) is 19.2 Å². The first-order chi connectivity index (χ1) is 10.7. The summed E-state index contributed by atoms with van der Waals surface area (Å²) in [5.74, 6) is -3.37. The molecule has 0 fully saturated rings. The van der Waals surface area contributed by atoms with Crippen molar-refractivity contribution in [2.75, 3.05) is 19.7 Å². The third-order valence-electron chi connectivity index (χ3n) is 3.19. The van der Waals surface area contributed by atoms with E-state index >= 15 is 0 Å². The molecule has 0 aromatic carbocycles. The normalized spacial score (nSPS) is 14.3. The number of amides is 3. The number of nitrogens with two attached hydrogens (primary N) is 1. The van der Waals surface area contributed by atoms with Crippen molar-refractivity contribution in [2.45, 2.75) is 32.4 Å². The van der Waals surface area contributed by atoms with Gasteiger partial charge in [-0.3, -0.25) is 19.2 Å². The summed E-state index contributed by atoms with van der Waals surface area (Å²) in [6.07, 6.45) is 0.581. The van der Waals surface area contributed by atoms with Crippen LogP contribution in [0.4, 0.5) is 0 Å². The molecule has 0 rings (SSSR count). The first-order valence-electron chi connectivity index (χ1n) is 7.15. The third kappa shape index (κ3) is 8.12. The molecule has 3 unspecified atom stereocenters. The van der Waals surface area contributed by atoms with Gasteiger partial charge in [0.15, 0.2) is 0 Å². The molecule has 0 aromatic rings. The van der Waals surface area contributed by atoms with Crippen molar-refractivity contribution in [1.29, 1.82) is 0 Å². The van der Waals surface area contributed by atoms with E-state index in [0.717, 1.165) is 0 Å². The molecule has 0 aliphatic carbocycles. The van der Waals surface area contributed by atoms with Crippen molar-refractivity contribution in [3.63, 3.8) is 0 Å². The molecule has 0 saturated carbocycles. The number of aliphatic hydroxyl groups is 1. The zero-order chi connectivity index (χ0) is 18.0. The molecule has 132 valence electrons. The second-order valence-electron chi connectivity index (χ2n) is 5.05. The maximum Gasteiger partial charge on any atom is 0.322 e. The van der Waals surface area contributed by atoms with Gasteiger partial charge in [0.25, 0.3) is 0 Å². The van der Waals surface area contributed by atoms with Gasteiger partial charge in [0, 0.05) is 0 Å². The molecule has 0 aliphatic heterocycles. The summed E-state index contributed by atoms with van der Waals surface area (Å²) in [6, 6.07) is -2.06. The Bertz CT molecular complexity index is 442. The van der Waals surface area contributed by atoms with Crippen molar-refractivity contribution in [1.82, 2.24) is 16.0 Å². The van der Waals surface area contributed by atoms with E-state index in [0.29, 0.717) is 6.42 Å². The van der Waals surface area contributed by atoms with Gasteiger partial charge in [-0.25, -0.2) is 0 Å². The zero-order valence-electron chi connectivity index (χ0n) is 13.2. The highest BCUT2D eigenvalue weighted by molar-refractivity contribution is 5.92. The first-order valence-corrected chi connectivity index (χ1v) is 7.15. The molecule has 0 heterocycles. The first kappa shape index (κ1) is 20.8. The van der Waals surface area contributed by atoms with Crippen LogP contribution < -0.4 is 21.7 Å². The van der Waals surface area contributed by atoms with Crippen LogP contribution in [0, 0.1) is 5.92 Å². The number of carboxylic acid groups (broad SMARTS) is 1. The van der Waals surface area contributed by atoms with Gasteiger partial charge < -0.3 is 31.9 Å². The van der Waals surface area contributed by atoms with E-state index in [4.69, 9.17) is 15.9 Å². The molecular weight excluding hydrogens is 308 g/mol. The van der Waals surface area contributed by atoms with Crippen LogP contribution >= 0.6 is 0 Å². The Hall–Kier alpha value is -2.20. The number of hydrogen-bond acceptors (Lipinski definition) is 6. The Morgan fingerprint density at radius 3 is 2.17 bits per heavy atom. The fourth-order valence-corrected chi connectivity index (χ4v) is 1.56. The zero-order valence-corrected chi connectivity index (χ0v) is 13.2. The summed E-state index contributed by atoms with van der Waals surface area (Å²) >= 11 is 0. The lowest BCUT2D eigenvalue weighted by atomic mass is 9.98. The summed E-state index contributed by atoms with van der Waals surface area (Å²) in [7, 11) is 0. The van der Waals surface area contributed by atoms with Gasteiger partial charge in [0.05, 0.1) is 13.2 Å². The Morgan fingerprint density at radius 2 is 1.70 bits per heavy atom. The highest BCUT2D eigenvalue weighted by Crippen LogP contribution is 2.08. The molecule has 0 bridgehead atoms. The monoisotopic (exact) mass is 332 g/mol. The average molecular weight is 332 g/mol. The molecule has 10 nitrogen and oxygen atoms in total. The van der Waals surface area contributed by atoms with E-state index < -0.39 is 55.5 Å². The summed E-state index contributed by atoms with van der Waals surface area (Å²) < 4.78 is 0. The maximum absolute atomic E-state index is 12.1. The lowest BCUT2D eigenvalue weighted by molar-refractivity contribution is -0.138. The predicted octanol–water partition coefficient (Wildman–Crippen LogP) is -2.85. The van der Waals surface area contributed by atoms with Crippen molar-refractivity contribution in [3.05, 3.63) is 0 Å². The van der Waals surface area contributed by atoms with Gasteiger partial charge in [-0.1, -0.05) is 20.3 Å². The van der Waals surface area contributed by atoms with Crippen molar-refractivity contribution < 1.29 is 29.4 Å². The molecule has 23 heavy (non-hydrogen) atoms. The van der Waals surface area contributed by atoms with E-state index in [1.54, 1.807) is 6.92 Å². The Morgan fingerprint density at radius 1 is 1.09 bits per heavy atom. The number of aliphatic hydroxyl groups excluding tert-OH is 1. The minimum atomic E-state index is -1.20. The average Bonchev–Trinajstić information content (AvgIpc) is 2.53. The minimum absolute atomic E-state index is 0.230. The van der Waals surface area contributed by atoms with E-state index in [-0.39, 0.29) is 5.92 Å². The summed E-state index contributed by atoms with van der Waals surface area (Å²) in [6.45, 7) is 2.03.